The fraction of sp³-hybridized carbons (Fsp3) is 0.348. The standard InChI is InChI=1S/C23H20F3N5O3/c1-14-7-17(8-27)9-28-20(14)30-11-19(33)31(22(21(30)34)12-29(13-22)15(2)32)10-16-3-5-18(6-4-16)23(24,25)26/h3-7,9H,10-13H2,1-2H3. The molecule has 0 radical (unpaired) electrons. The first-order valence-corrected chi connectivity index (χ1v) is 10.4. The number of hydrogen-bond donors (Lipinski definition) is 0. The van der Waals surface area contributed by atoms with E-state index in [2.05, 4.69) is 4.98 Å². The molecule has 11 heteroatoms. The van der Waals surface area contributed by atoms with E-state index >= 15 is 0 Å². The number of nitriles is 1. The van der Waals surface area contributed by atoms with Crippen molar-refractivity contribution in [2.24, 2.45) is 0 Å². The van der Waals surface area contributed by atoms with Crippen LogP contribution in [0.4, 0.5) is 19.0 Å². The van der Waals surface area contributed by atoms with E-state index < -0.39 is 29.1 Å². The molecule has 2 fully saturated rings. The van der Waals surface area contributed by atoms with Crippen LogP contribution in [0.15, 0.2) is 36.5 Å². The summed E-state index contributed by atoms with van der Waals surface area (Å²) in [7, 11) is 0. The summed E-state index contributed by atoms with van der Waals surface area (Å²) in [5, 5.41) is 9.07. The zero-order valence-corrected chi connectivity index (χ0v) is 18.4. The first-order valence-electron chi connectivity index (χ1n) is 10.4. The summed E-state index contributed by atoms with van der Waals surface area (Å²) in [5.74, 6) is -0.873. The predicted molar refractivity (Wildman–Crippen MR) is 113 cm³/mol. The predicted octanol–water partition coefficient (Wildman–Crippen LogP) is 2.26. The Morgan fingerprint density at radius 3 is 2.38 bits per heavy atom. The molecule has 2 aliphatic rings. The summed E-state index contributed by atoms with van der Waals surface area (Å²) in [6.45, 7) is 2.57. The van der Waals surface area contributed by atoms with Crippen LogP contribution < -0.4 is 4.90 Å². The van der Waals surface area contributed by atoms with Gasteiger partial charge in [0.05, 0.1) is 24.2 Å². The van der Waals surface area contributed by atoms with Crippen LogP contribution in [-0.2, 0) is 27.1 Å². The van der Waals surface area contributed by atoms with Gasteiger partial charge in [0, 0.05) is 19.7 Å². The molecule has 0 N–H and O–H groups in total. The topological polar surface area (TPSA) is 97.6 Å². The lowest BCUT2D eigenvalue weighted by Gasteiger charge is -2.57. The molecule has 2 aromatic rings. The van der Waals surface area contributed by atoms with Crippen LogP contribution in [0.25, 0.3) is 0 Å². The quantitative estimate of drug-likeness (QED) is 0.684. The number of pyridine rings is 1. The summed E-state index contributed by atoms with van der Waals surface area (Å²) in [6.07, 6.45) is -3.18. The molecule has 8 nitrogen and oxygen atoms in total. The average Bonchev–Trinajstić information content (AvgIpc) is 2.74. The molecule has 0 saturated carbocycles. The Labute approximate surface area is 193 Å². The number of nitrogens with zero attached hydrogens (tertiary/aromatic N) is 5. The number of carbonyl (C=O) groups excluding carboxylic acids is 3. The first-order chi connectivity index (χ1) is 16.0. The second-order valence-corrected chi connectivity index (χ2v) is 8.45. The van der Waals surface area contributed by atoms with Crippen molar-refractivity contribution in [3.63, 3.8) is 0 Å². The highest BCUT2D eigenvalue weighted by Gasteiger charge is 2.60. The van der Waals surface area contributed by atoms with Gasteiger partial charge in [0.25, 0.3) is 5.91 Å². The summed E-state index contributed by atoms with van der Waals surface area (Å²) < 4.78 is 38.7. The van der Waals surface area contributed by atoms with E-state index in [1.165, 1.54) is 40.0 Å². The average molecular weight is 471 g/mol. The third-order valence-electron chi connectivity index (χ3n) is 6.16. The molecule has 1 aromatic carbocycles. The van der Waals surface area contributed by atoms with Gasteiger partial charge >= 0.3 is 6.18 Å². The Balaban J connectivity index is 1.67. The zero-order chi connectivity index (χ0) is 24.8. The monoisotopic (exact) mass is 471 g/mol. The van der Waals surface area contributed by atoms with Crippen molar-refractivity contribution < 1.29 is 27.6 Å². The fourth-order valence-electron chi connectivity index (χ4n) is 4.32. The largest absolute Gasteiger partial charge is 0.416 e. The minimum absolute atomic E-state index is 0.0284. The highest BCUT2D eigenvalue weighted by molar-refractivity contribution is 6.10. The molecule has 176 valence electrons. The maximum absolute atomic E-state index is 13.7. The number of amides is 3. The second kappa shape index (κ2) is 8.13. The van der Waals surface area contributed by atoms with Crippen LogP contribution in [0.5, 0.6) is 0 Å². The number of likely N-dealkylation sites (tertiary alicyclic amines) is 1. The number of benzene rings is 1. The lowest BCUT2D eigenvalue weighted by atomic mass is 9.83. The van der Waals surface area contributed by atoms with E-state index in [1.54, 1.807) is 13.0 Å². The molecule has 3 amide bonds. The van der Waals surface area contributed by atoms with E-state index in [0.29, 0.717) is 16.7 Å². The number of carbonyl (C=O) groups is 3. The molecule has 0 aliphatic carbocycles. The van der Waals surface area contributed by atoms with Gasteiger partial charge in [-0.2, -0.15) is 18.4 Å². The molecule has 34 heavy (non-hydrogen) atoms. The van der Waals surface area contributed by atoms with Crippen LogP contribution in [-0.4, -0.2) is 57.7 Å². The number of aryl methyl sites for hydroxylation is 1. The Morgan fingerprint density at radius 2 is 1.85 bits per heavy atom. The highest BCUT2D eigenvalue weighted by Crippen LogP contribution is 2.37. The molecule has 4 rings (SSSR count). The number of rotatable bonds is 3. The third-order valence-corrected chi connectivity index (χ3v) is 6.16. The molecule has 1 aromatic heterocycles. The van der Waals surface area contributed by atoms with Gasteiger partial charge in [-0.05, 0) is 36.2 Å². The second-order valence-electron chi connectivity index (χ2n) is 8.45. The Morgan fingerprint density at radius 1 is 1.21 bits per heavy atom. The lowest BCUT2D eigenvalue weighted by molar-refractivity contribution is -0.169. The van der Waals surface area contributed by atoms with Gasteiger partial charge in [0.1, 0.15) is 18.4 Å². The van der Waals surface area contributed by atoms with Gasteiger partial charge < -0.3 is 9.80 Å². The van der Waals surface area contributed by atoms with Gasteiger partial charge in [0.2, 0.25) is 11.8 Å². The molecular formula is C23H20F3N5O3. The van der Waals surface area contributed by atoms with E-state index in [0.717, 1.165) is 12.1 Å². The number of hydrogen-bond acceptors (Lipinski definition) is 5. The summed E-state index contributed by atoms with van der Waals surface area (Å²) >= 11 is 0. The summed E-state index contributed by atoms with van der Waals surface area (Å²) in [4.78, 5) is 47.0. The van der Waals surface area contributed by atoms with E-state index in [9.17, 15) is 27.6 Å². The van der Waals surface area contributed by atoms with Crippen molar-refractivity contribution >= 4 is 23.5 Å². The molecule has 0 unspecified atom stereocenters. The van der Waals surface area contributed by atoms with Gasteiger partial charge in [0.15, 0.2) is 5.54 Å². The van der Waals surface area contributed by atoms with Crippen LogP contribution in [0.1, 0.15) is 29.2 Å². The van der Waals surface area contributed by atoms with Crippen molar-refractivity contribution in [3.05, 3.63) is 58.8 Å². The maximum atomic E-state index is 13.7. The molecule has 2 saturated heterocycles. The molecular weight excluding hydrogens is 451 g/mol. The van der Waals surface area contributed by atoms with Crippen molar-refractivity contribution in [2.75, 3.05) is 24.5 Å². The fourth-order valence-corrected chi connectivity index (χ4v) is 4.32. The number of aromatic nitrogens is 1. The molecule has 2 aliphatic heterocycles. The molecule has 1 spiro atoms. The minimum Gasteiger partial charge on any atom is -0.337 e. The van der Waals surface area contributed by atoms with Gasteiger partial charge in [-0.1, -0.05) is 12.1 Å². The van der Waals surface area contributed by atoms with Crippen molar-refractivity contribution in [3.8, 4) is 6.07 Å². The van der Waals surface area contributed by atoms with Crippen LogP contribution in [0.2, 0.25) is 0 Å². The highest BCUT2D eigenvalue weighted by atomic mass is 19.4. The minimum atomic E-state index is -4.49. The lowest BCUT2D eigenvalue weighted by Crippen LogP contribution is -2.81. The number of halogens is 3. The Kier molecular flexibility index (Phi) is 5.55. The van der Waals surface area contributed by atoms with E-state index in [1.807, 2.05) is 6.07 Å². The van der Waals surface area contributed by atoms with E-state index in [4.69, 9.17) is 5.26 Å². The summed E-state index contributed by atoms with van der Waals surface area (Å²) in [6, 6.07) is 7.93. The first kappa shape index (κ1) is 23.2. The maximum Gasteiger partial charge on any atom is 0.416 e. The van der Waals surface area contributed by atoms with Crippen LogP contribution in [0, 0.1) is 18.3 Å². The molecule has 0 atom stereocenters. The Hall–Kier alpha value is -3.94. The van der Waals surface area contributed by atoms with E-state index in [-0.39, 0.29) is 37.9 Å². The number of piperazine rings is 1. The smallest absolute Gasteiger partial charge is 0.337 e. The van der Waals surface area contributed by atoms with Crippen molar-refractivity contribution in [2.45, 2.75) is 32.1 Å². The van der Waals surface area contributed by atoms with Crippen LogP contribution in [0.3, 0.4) is 0 Å². The zero-order valence-electron chi connectivity index (χ0n) is 18.4. The summed E-state index contributed by atoms with van der Waals surface area (Å²) in [5.41, 5.74) is -0.898. The SMILES string of the molecule is CC(=O)N1CC2(C1)C(=O)N(c1ncc(C#N)cc1C)CC(=O)N2Cc1ccc(C(F)(F)F)cc1. The third kappa shape index (κ3) is 3.85. The van der Waals surface area contributed by atoms with Gasteiger partial charge in [-0.25, -0.2) is 4.98 Å². The van der Waals surface area contributed by atoms with Gasteiger partial charge in [-0.15, -0.1) is 0 Å². The number of alkyl halides is 3. The van der Waals surface area contributed by atoms with Crippen LogP contribution >= 0.6 is 0 Å². The van der Waals surface area contributed by atoms with Gasteiger partial charge in [-0.3, -0.25) is 19.3 Å². The molecule has 0 bridgehead atoms. The number of anilines is 1. The normalized spacial score (nSPS) is 17.6. The van der Waals surface area contributed by atoms with Crippen molar-refractivity contribution in [1.29, 1.82) is 5.26 Å². The Bertz CT molecular complexity index is 1210. The van der Waals surface area contributed by atoms with Crippen molar-refractivity contribution in [1.82, 2.24) is 14.8 Å². The molecule has 3 heterocycles.